The number of halogens is 3. The maximum Gasteiger partial charge on any atom is 0.427 e. The van der Waals surface area contributed by atoms with E-state index in [1.54, 1.807) is 7.11 Å². The Morgan fingerprint density at radius 1 is 1.31 bits per heavy atom. The summed E-state index contributed by atoms with van der Waals surface area (Å²) < 4.78 is 49.4. The van der Waals surface area contributed by atoms with Crippen molar-refractivity contribution in [2.75, 3.05) is 32.2 Å². The van der Waals surface area contributed by atoms with Crippen molar-refractivity contribution in [1.29, 1.82) is 0 Å². The van der Waals surface area contributed by atoms with Gasteiger partial charge in [0.2, 0.25) is 0 Å². The molecule has 0 bridgehead atoms. The monoisotopic (exact) mass is 386 g/mol. The summed E-state index contributed by atoms with van der Waals surface area (Å²) in [5.74, 6) is 0.786. The van der Waals surface area contributed by atoms with E-state index < -0.39 is 11.1 Å². The number of nitrogens with one attached hydrogen (secondary N) is 1. The Kier molecular flexibility index (Phi) is 5.43. The van der Waals surface area contributed by atoms with Gasteiger partial charge in [-0.25, -0.2) is 4.98 Å². The Balaban J connectivity index is 1.87. The molecule has 1 aromatic heterocycles. The molecule has 1 aliphatic heterocycles. The Labute approximate surface area is 154 Å². The van der Waals surface area contributed by atoms with Gasteiger partial charge in [0.15, 0.2) is 5.13 Å². The molecule has 142 valence electrons. The fraction of sp³-hybridized carbons (Fsp3) is 0.500. The first kappa shape index (κ1) is 19.0. The second-order valence-corrected chi connectivity index (χ2v) is 7.51. The normalized spacial score (nSPS) is 17.1. The van der Waals surface area contributed by atoms with Gasteiger partial charge in [0.1, 0.15) is 10.6 Å². The number of aryl methyl sites for hydroxylation is 1. The fourth-order valence-electron chi connectivity index (χ4n) is 3.27. The smallest absolute Gasteiger partial charge is 0.427 e. The Bertz CT molecular complexity index is 755. The van der Waals surface area contributed by atoms with Gasteiger partial charge >= 0.3 is 6.18 Å². The van der Waals surface area contributed by atoms with Gasteiger partial charge in [-0.05, 0) is 25.8 Å². The number of anilines is 1. The van der Waals surface area contributed by atoms with Crippen molar-refractivity contribution in [3.8, 4) is 5.75 Å². The molecule has 0 aliphatic carbocycles. The van der Waals surface area contributed by atoms with E-state index in [0.29, 0.717) is 31.1 Å². The van der Waals surface area contributed by atoms with Crippen molar-refractivity contribution in [2.45, 2.75) is 31.4 Å². The highest BCUT2D eigenvalue weighted by molar-refractivity contribution is 7.15. The summed E-state index contributed by atoms with van der Waals surface area (Å²) in [7, 11) is 1.63. The largest absolute Gasteiger partial charge is 0.496 e. The van der Waals surface area contributed by atoms with Gasteiger partial charge in [-0.1, -0.05) is 29.0 Å². The van der Waals surface area contributed by atoms with Crippen LogP contribution < -0.4 is 10.1 Å². The van der Waals surface area contributed by atoms with Crippen molar-refractivity contribution in [1.82, 2.24) is 4.98 Å². The van der Waals surface area contributed by atoms with Crippen LogP contribution in [0.4, 0.5) is 18.3 Å². The molecule has 1 aliphatic rings. The zero-order chi connectivity index (χ0) is 18.8. The summed E-state index contributed by atoms with van der Waals surface area (Å²) in [6.07, 6.45) is -1.97. The molecule has 2 aromatic rings. The molecule has 26 heavy (non-hydrogen) atoms. The predicted molar refractivity (Wildman–Crippen MR) is 95.1 cm³/mol. The molecule has 0 saturated carbocycles. The molecule has 0 radical (unpaired) electrons. The molecule has 3 rings (SSSR count). The number of nitrogens with zero attached hydrogens (tertiary/aromatic N) is 1. The summed E-state index contributed by atoms with van der Waals surface area (Å²) in [5, 5.41) is 3.39. The summed E-state index contributed by atoms with van der Waals surface area (Å²) >= 11 is 0.626. The lowest BCUT2D eigenvalue weighted by Crippen LogP contribution is -2.40. The third kappa shape index (κ3) is 3.96. The van der Waals surface area contributed by atoms with Crippen LogP contribution in [0.3, 0.4) is 0 Å². The van der Waals surface area contributed by atoms with E-state index in [4.69, 9.17) is 9.47 Å². The molecule has 0 amide bonds. The zero-order valence-electron chi connectivity index (χ0n) is 14.7. The van der Waals surface area contributed by atoms with Crippen molar-refractivity contribution in [3.63, 3.8) is 0 Å². The number of hydrogen-bond acceptors (Lipinski definition) is 5. The zero-order valence-corrected chi connectivity index (χ0v) is 15.5. The van der Waals surface area contributed by atoms with Gasteiger partial charge in [0.25, 0.3) is 0 Å². The number of ether oxygens (including phenoxy) is 2. The lowest BCUT2D eigenvalue weighted by Gasteiger charge is -2.38. The van der Waals surface area contributed by atoms with Crippen molar-refractivity contribution in [2.24, 2.45) is 0 Å². The minimum Gasteiger partial charge on any atom is -0.496 e. The highest BCUT2D eigenvalue weighted by Crippen LogP contribution is 2.41. The van der Waals surface area contributed by atoms with E-state index in [0.717, 1.165) is 35.9 Å². The van der Waals surface area contributed by atoms with Crippen molar-refractivity contribution in [3.05, 3.63) is 40.4 Å². The van der Waals surface area contributed by atoms with Gasteiger partial charge in [-0.2, -0.15) is 13.2 Å². The Morgan fingerprint density at radius 2 is 2.04 bits per heavy atom. The molecular formula is C18H21F3N2O2S. The van der Waals surface area contributed by atoms with Crippen LogP contribution in [0.15, 0.2) is 24.4 Å². The SMILES string of the molecule is COc1ccc(C)cc1C1(CNc2ncc(C(F)(F)F)s2)CCOCC1. The Morgan fingerprint density at radius 3 is 2.65 bits per heavy atom. The minimum absolute atomic E-state index is 0.273. The van der Waals surface area contributed by atoms with Gasteiger partial charge in [-0.15, -0.1) is 0 Å². The molecule has 1 fully saturated rings. The molecule has 4 nitrogen and oxygen atoms in total. The molecule has 0 atom stereocenters. The van der Waals surface area contributed by atoms with E-state index in [1.165, 1.54) is 0 Å². The molecule has 1 saturated heterocycles. The van der Waals surface area contributed by atoms with E-state index in [9.17, 15) is 13.2 Å². The maximum absolute atomic E-state index is 12.8. The average Bonchev–Trinajstić information content (AvgIpc) is 3.10. The minimum atomic E-state index is -4.37. The molecular weight excluding hydrogens is 365 g/mol. The first-order valence-corrected chi connectivity index (χ1v) is 9.15. The quantitative estimate of drug-likeness (QED) is 0.813. The van der Waals surface area contributed by atoms with Crippen molar-refractivity contribution < 1.29 is 22.6 Å². The lowest BCUT2D eigenvalue weighted by molar-refractivity contribution is -0.134. The average molecular weight is 386 g/mol. The lowest BCUT2D eigenvalue weighted by atomic mass is 9.73. The van der Waals surface area contributed by atoms with Gasteiger partial charge in [0.05, 0.1) is 13.3 Å². The van der Waals surface area contributed by atoms with E-state index >= 15 is 0 Å². The number of rotatable bonds is 5. The standard InChI is InChI=1S/C18H21F3N2O2S/c1-12-3-4-14(24-2)13(9-12)17(5-7-25-8-6-17)11-23-16-22-10-15(26-16)18(19,20)21/h3-4,9-10H,5-8,11H2,1-2H3,(H,22,23). The summed E-state index contributed by atoms with van der Waals surface area (Å²) in [5.41, 5.74) is 1.89. The molecule has 1 N–H and O–H groups in total. The molecule has 0 unspecified atom stereocenters. The topological polar surface area (TPSA) is 43.4 Å². The fourth-order valence-corrected chi connectivity index (χ4v) is 3.95. The highest BCUT2D eigenvalue weighted by Gasteiger charge is 2.38. The number of hydrogen-bond donors (Lipinski definition) is 1. The van der Waals surface area contributed by atoms with Gasteiger partial charge in [-0.3, -0.25) is 0 Å². The predicted octanol–water partition coefficient (Wildman–Crippen LogP) is 4.64. The van der Waals surface area contributed by atoms with Crippen LogP contribution in [0.5, 0.6) is 5.75 Å². The number of alkyl halides is 3. The number of benzene rings is 1. The van der Waals surface area contributed by atoms with Crippen LogP contribution in [0.2, 0.25) is 0 Å². The van der Waals surface area contributed by atoms with Crippen LogP contribution in [0.25, 0.3) is 0 Å². The first-order chi connectivity index (χ1) is 12.3. The van der Waals surface area contributed by atoms with Crippen molar-refractivity contribution >= 4 is 16.5 Å². The number of thiazole rings is 1. The van der Waals surface area contributed by atoms with Crippen LogP contribution in [0, 0.1) is 6.92 Å². The molecule has 1 aromatic carbocycles. The Hall–Kier alpha value is -1.80. The van der Waals surface area contributed by atoms with Gasteiger partial charge < -0.3 is 14.8 Å². The highest BCUT2D eigenvalue weighted by atomic mass is 32.1. The summed E-state index contributed by atoms with van der Waals surface area (Å²) in [4.78, 5) is 3.18. The van der Waals surface area contributed by atoms with Crippen LogP contribution in [-0.4, -0.2) is 31.9 Å². The third-order valence-corrected chi connectivity index (χ3v) is 5.74. The molecule has 2 heterocycles. The number of methoxy groups -OCH3 is 1. The van der Waals surface area contributed by atoms with E-state index in [1.807, 2.05) is 19.1 Å². The molecule has 8 heteroatoms. The maximum atomic E-state index is 12.8. The first-order valence-electron chi connectivity index (χ1n) is 8.34. The summed E-state index contributed by atoms with van der Waals surface area (Å²) in [6.45, 7) is 3.69. The van der Waals surface area contributed by atoms with Crippen LogP contribution >= 0.6 is 11.3 Å². The third-order valence-electron chi connectivity index (χ3n) is 4.74. The number of aromatic nitrogens is 1. The molecule has 0 spiro atoms. The summed E-state index contributed by atoms with van der Waals surface area (Å²) in [6, 6.07) is 6.01. The van der Waals surface area contributed by atoms with E-state index in [2.05, 4.69) is 16.4 Å². The van der Waals surface area contributed by atoms with Crippen LogP contribution in [0.1, 0.15) is 28.8 Å². The van der Waals surface area contributed by atoms with E-state index in [-0.39, 0.29) is 10.5 Å². The second kappa shape index (κ2) is 7.44. The van der Waals surface area contributed by atoms with Gasteiger partial charge in [0, 0.05) is 30.7 Å². The second-order valence-electron chi connectivity index (χ2n) is 6.48. The van der Waals surface area contributed by atoms with Crippen LogP contribution in [-0.2, 0) is 16.3 Å².